The quantitative estimate of drug-likeness (QED) is 0.442. The van der Waals surface area contributed by atoms with Crippen LogP contribution in [0.4, 0.5) is 11.4 Å². The maximum absolute atomic E-state index is 12.9. The number of carbonyl (C=O) groups excluding carboxylic acids is 1. The van der Waals surface area contributed by atoms with Crippen molar-refractivity contribution in [1.82, 2.24) is 4.31 Å². The average Bonchev–Trinajstić information content (AvgIpc) is 2.78. The Labute approximate surface area is 200 Å². The highest BCUT2D eigenvalue weighted by Gasteiger charge is 2.26. The molecule has 1 aliphatic rings. The molecule has 0 unspecified atom stereocenters. The summed E-state index contributed by atoms with van der Waals surface area (Å²) in [6, 6.07) is 10.4. The van der Waals surface area contributed by atoms with Crippen molar-refractivity contribution in [2.75, 3.05) is 36.9 Å². The van der Waals surface area contributed by atoms with Gasteiger partial charge in [0.1, 0.15) is 11.6 Å². The summed E-state index contributed by atoms with van der Waals surface area (Å²) >= 11 is 17.9. The number of morpholine rings is 1. The monoisotopic (exact) mass is 514 g/mol. The minimum absolute atomic E-state index is 0.0264. The number of rotatable bonds is 6. The number of hydrogen-bond donors (Lipinski definition) is 2. The van der Waals surface area contributed by atoms with E-state index in [4.69, 9.17) is 39.5 Å². The summed E-state index contributed by atoms with van der Waals surface area (Å²) in [7, 11) is -3.74. The number of hydrogen-bond acceptors (Lipinski definition) is 6. The molecule has 32 heavy (non-hydrogen) atoms. The van der Waals surface area contributed by atoms with E-state index in [-0.39, 0.29) is 39.3 Å². The largest absolute Gasteiger partial charge is 0.379 e. The summed E-state index contributed by atoms with van der Waals surface area (Å²) < 4.78 is 32.2. The molecule has 0 bridgehead atoms. The van der Waals surface area contributed by atoms with Gasteiger partial charge in [-0.3, -0.25) is 4.79 Å². The lowest BCUT2D eigenvalue weighted by Gasteiger charge is -2.26. The Kier molecular flexibility index (Phi) is 8.00. The van der Waals surface area contributed by atoms with Gasteiger partial charge in [-0.15, -0.1) is 0 Å². The van der Waals surface area contributed by atoms with Crippen molar-refractivity contribution in [3.8, 4) is 6.07 Å². The third kappa shape index (κ3) is 5.72. The summed E-state index contributed by atoms with van der Waals surface area (Å²) in [5.74, 6) is -0.702. The molecule has 0 atom stereocenters. The lowest BCUT2D eigenvalue weighted by Crippen LogP contribution is -2.40. The number of sulfonamides is 1. The first-order chi connectivity index (χ1) is 15.2. The molecule has 0 aromatic heterocycles. The van der Waals surface area contributed by atoms with Gasteiger partial charge in [0, 0.05) is 25.0 Å². The third-order valence-electron chi connectivity index (χ3n) is 4.46. The van der Waals surface area contributed by atoms with E-state index in [0.29, 0.717) is 23.9 Å². The van der Waals surface area contributed by atoms with Crippen LogP contribution in [0, 0.1) is 11.3 Å². The van der Waals surface area contributed by atoms with Crippen LogP contribution < -0.4 is 10.6 Å². The summed E-state index contributed by atoms with van der Waals surface area (Å²) in [5.41, 5.74) is 0.298. The van der Waals surface area contributed by atoms with Crippen molar-refractivity contribution < 1.29 is 17.9 Å². The highest BCUT2D eigenvalue weighted by molar-refractivity contribution is 7.89. The van der Waals surface area contributed by atoms with Crippen molar-refractivity contribution in [2.45, 2.75) is 4.90 Å². The first kappa shape index (κ1) is 24.3. The molecule has 1 heterocycles. The lowest BCUT2D eigenvalue weighted by atomic mass is 10.2. The van der Waals surface area contributed by atoms with Crippen molar-refractivity contribution in [3.05, 3.63) is 63.2 Å². The third-order valence-corrected chi connectivity index (χ3v) is 7.42. The van der Waals surface area contributed by atoms with Crippen molar-refractivity contribution in [3.63, 3.8) is 0 Å². The number of benzene rings is 2. The summed E-state index contributed by atoms with van der Waals surface area (Å²) in [6.45, 7) is 1.14. The molecule has 168 valence electrons. The molecule has 0 saturated carbocycles. The summed E-state index contributed by atoms with van der Waals surface area (Å²) in [4.78, 5) is 12.4. The number of anilines is 2. The number of halogens is 3. The molecular weight excluding hydrogens is 499 g/mol. The van der Waals surface area contributed by atoms with E-state index in [0.717, 1.165) is 6.20 Å². The van der Waals surface area contributed by atoms with Gasteiger partial charge in [-0.2, -0.15) is 9.57 Å². The van der Waals surface area contributed by atoms with Crippen molar-refractivity contribution in [2.24, 2.45) is 0 Å². The molecule has 1 amide bonds. The molecular formula is C20H17Cl3N4O4S. The summed E-state index contributed by atoms with van der Waals surface area (Å²) in [6.07, 6.45) is 1.14. The molecule has 0 spiro atoms. The SMILES string of the molecule is N#C/C(=C/Nc1cc(S(=O)(=O)N2CCOCC2)ccc1Cl)C(=O)Nc1ccc(Cl)c(Cl)c1. The van der Waals surface area contributed by atoms with Crippen LogP contribution in [0.3, 0.4) is 0 Å². The van der Waals surface area contributed by atoms with Crippen LogP contribution in [0.2, 0.25) is 15.1 Å². The zero-order chi connectivity index (χ0) is 23.3. The van der Waals surface area contributed by atoms with Gasteiger partial charge in [0.15, 0.2) is 0 Å². The highest BCUT2D eigenvalue weighted by atomic mass is 35.5. The second kappa shape index (κ2) is 10.5. The zero-order valence-electron chi connectivity index (χ0n) is 16.4. The van der Waals surface area contributed by atoms with Crippen LogP contribution in [0.5, 0.6) is 0 Å². The first-order valence-corrected chi connectivity index (χ1v) is 11.8. The van der Waals surface area contributed by atoms with E-state index in [1.807, 2.05) is 0 Å². The maximum Gasteiger partial charge on any atom is 0.267 e. The van der Waals surface area contributed by atoms with Gasteiger partial charge in [0.05, 0.1) is 38.9 Å². The van der Waals surface area contributed by atoms with Gasteiger partial charge in [-0.25, -0.2) is 8.42 Å². The van der Waals surface area contributed by atoms with Gasteiger partial charge in [0.2, 0.25) is 10.0 Å². The Morgan fingerprint density at radius 2 is 1.75 bits per heavy atom. The number of amides is 1. The second-order valence-electron chi connectivity index (χ2n) is 6.56. The maximum atomic E-state index is 12.9. The van der Waals surface area contributed by atoms with Crippen molar-refractivity contribution in [1.29, 1.82) is 5.26 Å². The number of ether oxygens (including phenoxy) is 1. The molecule has 0 aliphatic carbocycles. The van der Waals surface area contributed by atoms with Crippen LogP contribution in [0.1, 0.15) is 0 Å². The van der Waals surface area contributed by atoms with Gasteiger partial charge in [-0.05, 0) is 36.4 Å². The van der Waals surface area contributed by atoms with Gasteiger partial charge < -0.3 is 15.4 Å². The average molecular weight is 516 g/mol. The Balaban J connectivity index is 1.79. The Bertz CT molecular complexity index is 1210. The Morgan fingerprint density at radius 1 is 1.06 bits per heavy atom. The number of nitriles is 1. The predicted octanol–water partition coefficient (Wildman–Crippen LogP) is 4.13. The molecule has 2 aromatic rings. The molecule has 1 aliphatic heterocycles. The first-order valence-electron chi connectivity index (χ1n) is 9.23. The van der Waals surface area contributed by atoms with E-state index in [2.05, 4.69) is 10.6 Å². The standard InChI is InChI=1S/C20H17Cl3N4O4S/c21-16-3-1-14(9-18(16)23)26-20(28)13(11-24)12-25-19-10-15(2-4-17(19)22)32(29,30)27-5-7-31-8-6-27/h1-4,9-10,12,25H,5-8H2,(H,26,28)/b13-12-. The highest BCUT2D eigenvalue weighted by Crippen LogP contribution is 2.28. The molecule has 2 aromatic carbocycles. The van der Waals surface area contributed by atoms with Crippen LogP contribution in [0.25, 0.3) is 0 Å². The molecule has 1 saturated heterocycles. The zero-order valence-corrected chi connectivity index (χ0v) is 19.5. The molecule has 2 N–H and O–H groups in total. The summed E-state index contributed by atoms with van der Waals surface area (Å²) in [5, 5.41) is 15.4. The smallest absolute Gasteiger partial charge is 0.267 e. The van der Waals surface area contributed by atoms with E-state index in [9.17, 15) is 18.5 Å². The van der Waals surface area contributed by atoms with E-state index in [1.165, 1.54) is 40.7 Å². The normalized spacial score (nSPS) is 15.1. The minimum Gasteiger partial charge on any atom is -0.379 e. The molecule has 12 heteroatoms. The van der Waals surface area contributed by atoms with Crippen LogP contribution in [0.15, 0.2) is 53.1 Å². The molecule has 1 fully saturated rings. The predicted molar refractivity (Wildman–Crippen MR) is 123 cm³/mol. The fraction of sp³-hybridized carbons (Fsp3) is 0.200. The topological polar surface area (TPSA) is 112 Å². The van der Waals surface area contributed by atoms with Crippen molar-refractivity contribution >= 4 is 62.1 Å². The lowest BCUT2D eigenvalue weighted by molar-refractivity contribution is -0.112. The van der Waals surface area contributed by atoms with Gasteiger partial charge in [0.25, 0.3) is 5.91 Å². The Hall–Kier alpha value is -2.32. The minimum atomic E-state index is -3.74. The van der Waals surface area contributed by atoms with E-state index in [1.54, 1.807) is 6.07 Å². The fourth-order valence-corrected chi connectivity index (χ4v) is 4.69. The van der Waals surface area contributed by atoms with Crippen LogP contribution in [-0.2, 0) is 19.6 Å². The fourth-order valence-electron chi connectivity index (χ4n) is 2.78. The Morgan fingerprint density at radius 3 is 2.41 bits per heavy atom. The van der Waals surface area contributed by atoms with E-state index < -0.39 is 15.9 Å². The molecule has 0 radical (unpaired) electrons. The number of nitrogens with zero attached hydrogens (tertiary/aromatic N) is 2. The number of carbonyl (C=O) groups is 1. The molecule has 8 nitrogen and oxygen atoms in total. The van der Waals surface area contributed by atoms with Gasteiger partial charge >= 0.3 is 0 Å². The van der Waals surface area contributed by atoms with Gasteiger partial charge in [-0.1, -0.05) is 34.8 Å². The van der Waals surface area contributed by atoms with E-state index >= 15 is 0 Å². The number of nitrogens with one attached hydrogen (secondary N) is 2. The molecule has 3 rings (SSSR count). The second-order valence-corrected chi connectivity index (χ2v) is 9.71. The van der Waals surface area contributed by atoms with Crippen LogP contribution >= 0.6 is 34.8 Å². The van der Waals surface area contributed by atoms with Crippen LogP contribution in [-0.4, -0.2) is 44.9 Å².